The number of carbonyl (C=O) groups excluding carboxylic acids is 1. The second kappa shape index (κ2) is 4.44. The maximum absolute atomic E-state index is 10.6. The second-order valence-corrected chi connectivity index (χ2v) is 3.29. The molecule has 0 bridgehead atoms. The van der Waals surface area contributed by atoms with Crippen LogP contribution in [0, 0.1) is 0 Å². The number of hydrogen-bond donors (Lipinski definition) is 1. The van der Waals surface area contributed by atoms with Crippen molar-refractivity contribution in [2.24, 2.45) is 5.73 Å². The maximum atomic E-state index is 10.6. The quantitative estimate of drug-likeness (QED) is 0.783. The summed E-state index contributed by atoms with van der Waals surface area (Å²) in [5.41, 5.74) is 6.81. The summed E-state index contributed by atoms with van der Waals surface area (Å²) >= 11 is 0. The Morgan fingerprint density at radius 3 is 2.75 bits per heavy atom. The first kappa shape index (κ1) is 10.2. The summed E-state index contributed by atoms with van der Waals surface area (Å²) in [5.74, 6) is -0.465. The zero-order chi connectivity index (χ0) is 11.4. The molecule has 2 N–H and O–H groups in total. The molecule has 0 fully saturated rings. The molecule has 0 radical (unpaired) electrons. The largest absolute Gasteiger partial charge is 0.366 e. The molecule has 16 heavy (non-hydrogen) atoms. The Kier molecular flexibility index (Phi) is 2.82. The van der Waals surface area contributed by atoms with Crippen molar-refractivity contribution < 1.29 is 4.79 Å². The zero-order valence-electron chi connectivity index (χ0n) is 8.58. The van der Waals surface area contributed by atoms with Gasteiger partial charge in [-0.3, -0.25) is 4.79 Å². The SMILES string of the molecule is NC(=O)C=Cc1cnn(-c2ccccc2)c1. The average Bonchev–Trinajstić information content (AvgIpc) is 2.76. The molecule has 0 unspecified atom stereocenters. The van der Waals surface area contributed by atoms with Crippen LogP contribution in [-0.4, -0.2) is 15.7 Å². The second-order valence-electron chi connectivity index (χ2n) is 3.29. The van der Waals surface area contributed by atoms with Gasteiger partial charge < -0.3 is 5.73 Å². The molecular formula is C12H11N3O. The minimum absolute atomic E-state index is 0.465. The predicted molar refractivity (Wildman–Crippen MR) is 61.8 cm³/mol. The molecule has 0 spiro atoms. The Morgan fingerprint density at radius 2 is 2.06 bits per heavy atom. The third kappa shape index (κ3) is 2.36. The Balaban J connectivity index is 2.23. The lowest BCUT2D eigenvalue weighted by Gasteiger charge is -1.98. The van der Waals surface area contributed by atoms with Gasteiger partial charge in [-0.2, -0.15) is 5.10 Å². The molecular weight excluding hydrogens is 202 g/mol. The van der Waals surface area contributed by atoms with Crippen LogP contribution >= 0.6 is 0 Å². The fraction of sp³-hybridized carbons (Fsp3) is 0. The first-order valence-corrected chi connectivity index (χ1v) is 4.83. The number of hydrogen-bond acceptors (Lipinski definition) is 2. The van der Waals surface area contributed by atoms with Crippen molar-refractivity contribution in [2.45, 2.75) is 0 Å². The number of nitrogens with zero attached hydrogens (tertiary/aromatic N) is 2. The van der Waals surface area contributed by atoms with Crippen molar-refractivity contribution in [2.75, 3.05) is 0 Å². The first-order chi connectivity index (χ1) is 7.75. The van der Waals surface area contributed by atoms with E-state index in [1.165, 1.54) is 6.08 Å². The van der Waals surface area contributed by atoms with Crippen LogP contribution in [0.25, 0.3) is 11.8 Å². The molecule has 0 atom stereocenters. The van der Waals surface area contributed by atoms with Gasteiger partial charge >= 0.3 is 0 Å². The molecule has 0 aliphatic carbocycles. The minimum atomic E-state index is -0.465. The highest BCUT2D eigenvalue weighted by Gasteiger charge is 1.97. The number of nitrogens with two attached hydrogens (primary N) is 1. The van der Waals surface area contributed by atoms with Gasteiger partial charge in [0.25, 0.3) is 0 Å². The number of para-hydroxylation sites is 1. The van der Waals surface area contributed by atoms with E-state index in [4.69, 9.17) is 5.73 Å². The predicted octanol–water partition coefficient (Wildman–Crippen LogP) is 1.37. The lowest BCUT2D eigenvalue weighted by atomic mass is 10.3. The van der Waals surface area contributed by atoms with E-state index in [1.54, 1.807) is 17.0 Å². The minimum Gasteiger partial charge on any atom is -0.366 e. The van der Waals surface area contributed by atoms with Crippen LogP contribution < -0.4 is 5.73 Å². The summed E-state index contributed by atoms with van der Waals surface area (Å²) in [6, 6.07) is 9.73. The molecule has 0 aliphatic rings. The van der Waals surface area contributed by atoms with Gasteiger partial charge in [0.1, 0.15) is 0 Å². The molecule has 0 saturated heterocycles. The molecule has 1 heterocycles. The molecule has 4 heteroatoms. The molecule has 4 nitrogen and oxygen atoms in total. The van der Waals surface area contributed by atoms with Crippen LogP contribution in [0.1, 0.15) is 5.56 Å². The molecule has 0 aliphatic heterocycles. The smallest absolute Gasteiger partial charge is 0.241 e. The van der Waals surface area contributed by atoms with E-state index in [0.29, 0.717) is 0 Å². The lowest BCUT2D eigenvalue weighted by Crippen LogP contribution is -2.04. The summed E-state index contributed by atoms with van der Waals surface area (Å²) in [6.45, 7) is 0. The van der Waals surface area contributed by atoms with Crippen molar-refractivity contribution in [3.63, 3.8) is 0 Å². The Morgan fingerprint density at radius 1 is 1.31 bits per heavy atom. The Bertz CT molecular complexity index is 514. The summed E-state index contributed by atoms with van der Waals surface area (Å²) in [7, 11) is 0. The van der Waals surface area contributed by atoms with Crippen LogP contribution in [-0.2, 0) is 4.79 Å². The number of carbonyl (C=O) groups is 1. The van der Waals surface area contributed by atoms with Crippen LogP contribution in [0.2, 0.25) is 0 Å². The summed E-state index contributed by atoms with van der Waals surface area (Å²) < 4.78 is 1.74. The fourth-order valence-electron chi connectivity index (χ4n) is 1.32. The van der Waals surface area contributed by atoms with Crippen molar-refractivity contribution in [3.8, 4) is 5.69 Å². The third-order valence-electron chi connectivity index (χ3n) is 2.06. The van der Waals surface area contributed by atoms with E-state index in [1.807, 2.05) is 36.5 Å². The highest BCUT2D eigenvalue weighted by molar-refractivity contribution is 5.90. The van der Waals surface area contributed by atoms with Gasteiger partial charge in [-0.05, 0) is 18.2 Å². The van der Waals surface area contributed by atoms with Crippen LogP contribution in [0.5, 0.6) is 0 Å². The number of benzene rings is 1. The topological polar surface area (TPSA) is 60.9 Å². The van der Waals surface area contributed by atoms with Gasteiger partial charge in [-0.1, -0.05) is 18.2 Å². The van der Waals surface area contributed by atoms with Gasteiger partial charge in [0, 0.05) is 17.8 Å². The van der Waals surface area contributed by atoms with Crippen molar-refractivity contribution in [3.05, 3.63) is 54.4 Å². The number of aromatic nitrogens is 2. The molecule has 0 saturated carbocycles. The molecule has 1 aromatic heterocycles. The van der Waals surface area contributed by atoms with E-state index in [9.17, 15) is 4.79 Å². The summed E-state index contributed by atoms with van der Waals surface area (Å²) in [4.78, 5) is 10.6. The molecule has 1 amide bonds. The van der Waals surface area contributed by atoms with Crippen molar-refractivity contribution >= 4 is 12.0 Å². The van der Waals surface area contributed by atoms with E-state index in [0.717, 1.165) is 11.3 Å². The van der Waals surface area contributed by atoms with Gasteiger partial charge in [-0.15, -0.1) is 0 Å². The van der Waals surface area contributed by atoms with Crippen LogP contribution in [0.4, 0.5) is 0 Å². The van der Waals surface area contributed by atoms with Crippen molar-refractivity contribution in [1.29, 1.82) is 0 Å². The average molecular weight is 213 g/mol. The van der Waals surface area contributed by atoms with Gasteiger partial charge in [-0.25, -0.2) is 4.68 Å². The number of primary amides is 1. The monoisotopic (exact) mass is 213 g/mol. The highest BCUT2D eigenvalue weighted by Crippen LogP contribution is 2.08. The molecule has 80 valence electrons. The standard InChI is InChI=1S/C12H11N3O/c13-12(16)7-6-10-8-14-15(9-10)11-4-2-1-3-5-11/h1-9H,(H2,13,16). The number of rotatable bonds is 3. The normalized spacial score (nSPS) is 10.8. The van der Waals surface area contributed by atoms with E-state index in [-0.39, 0.29) is 0 Å². The fourth-order valence-corrected chi connectivity index (χ4v) is 1.32. The maximum Gasteiger partial charge on any atom is 0.241 e. The Hall–Kier alpha value is -2.36. The van der Waals surface area contributed by atoms with Gasteiger partial charge in [0.2, 0.25) is 5.91 Å². The summed E-state index contributed by atoms with van der Waals surface area (Å²) in [5, 5.41) is 4.18. The van der Waals surface area contributed by atoms with Crippen LogP contribution in [0.15, 0.2) is 48.8 Å². The molecule has 2 aromatic rings. The van der Waals surface area contributed by atoms with Crippen LogP contribution in [0.3, 0.4) is 0 Å². The van der Waals surface area contributed by atoms with E-state index in [2.05, 4.69) is 5.10 Å². The zero-order valence-corrected chi connectivity index (χ0v) is 8.58. The van der Waals surface area contributed by atoms with Gasteiger partial charge in [0.15, 0.2) is 0 Å². The Labute approximate surface area is 93.0 Å². The van der Waals surface area contributed by atoms with E-state index < -0.39 is 5.91 Å². The first-order valence-electron chi connectivity index (χ1n) is 4.83. The highest BCUT2D eigenvalue weighted by atomic mass is 16.1. The van der Waals surface area contributed by atoms with E-state index >= 15 is 0 Å². The number of amides is 1. The van der Waals surface area contributed by atoms with Gasteiger partial charge in [0.05, 0.1) is 11.9 Å². The summed E-state index contributed by atoms with van der Waals surface area (Å²) in [6.07, 6.45) is 6.45. The van der Waals surface area contributed by atoms with Crippen molar-refractivity contribution in [1.82, 2.24) is 9.78 Å². The molecule has 1 aromatic carbocycles. The molecule has 2 rings (SSSR count). The lowest BCUT2D eigenvalue weighted by molar-refractivity contribution is -0.113. The third-order valence-corrected chi connectivity index (χ3v) is 2.06.